The van der Waals surface area contributed by atoms with Crippen LogP contribution in [0.5, 0.6) is 0 Å². The summed E-state index contributed by atoms with van der Waals surface area (Å²) in [5, 5.41) is 8.55. The van der Waals surface area contributed by atoms with Gasteiger partial charge in [0.1, 0.15) is 6.04 Å². The van der Waals surface area contributed by atoms with Crippen LogP contribution in [0, 0.1) is 19.8 Å². The fourth-order valence-electron chi connectivity index (χ4n) is 4.58. The molecule has 1 aliphatic heterocycles. The quantitative estimate of drug-likeness (QED) is 0.820. The lowest BCUT2D eigenvalue weighted by Gasteiger charge is -2.35. The number of carbonyl (C=O) groups is 1. The highest BCUT2D eigenvalue weighted by atomic mass is 32.1. The summed E-state index contributed by atoms with van der Waals surface area (Å²) in [4.78, 5) is 15.2. The maximum atomic E-state index is 13.4. The largest absolute Gasteiger partial charge is 0.347 e. The zero-order valence-electron chi connectivity index (χ0n) is 16.1. The summed E-state index contributed by atoms with van der Waals surface area (Å²) in [6.45, 7) is 6.22. The van der Waals surface area contributed by atoms with Gasteiger partial charge in [-0.1, -0.05) is 38.0 Å². The molecule has 0 unspecified atom stereocenters. The van der Waals surface area contributed by atoms with Gasteiger partial charge in [0.05, 0.1) is 11.4 Å². The van der Waals surface area contributed by atoms with E-state index < -0.39 is 6.04 Å². The van der Waals surface area contributed by atoms with E-state index in [1.54, 1.807) is 0 Å². The molecule has 1 aromatic carbocycles. The first-order chi connectivity index (χ1) is 13.0. The van der Waals surface area contributed by atoms with Crippen molar-refractivity contribution in [1.82, 2.24) is 20.0 Å². The number of nitrogens with one attached hydrogen (secondary N) is 1. The lowest BCUT2D eigenvalue weighted by Crippen LogP contribution is -2.45. The maximum Gasteiger partial charge on any atom is 0.256 e. The molecule has 2 aromatic rings. The van der Waals surface area contributed by atoms with Crippen molar-refractivity contribution in [1.29, 1.82) is 0 Å². The van der Waals surface area contributed by atoms with E-state index in [1.165, 1.54) is 6.42 Å². The monoisotopic (exact) mass is 382 g/mol. The number of hydrogen-bond donors (Lipinski definition) is 1. The summed E-state index contributed by atoms with van der Waals surface area (Å²) in [6.07, 6.45) is 4.59. The topological polar surface area (TPSA) is 50.2 Å². The molecule has 142 valence electrons. The van der Waals surface area contributed by atoms with E-state index in [9.17, 15) is 4.79 Å². The minimum absolute atomic E-state index is 0.0672. The Morgan fingerprint density at radius 3 is 2.56 bits per heavy atom. The first kappa shape index (κ1) is 18.2. The molecular weight excluding hydrogens is 356 g/mol. The van der Waals surface area contributed by atoms with Gasteiger partial charge in [-0.25, -0.2) is 4.68 Å². The van der Waals surface area contributed by atoms with Gasteiger partial charge in [-0.3, -0.25) is 9.69 Å². The van der Waals surface area contributed by atoms with Gasteiger partial charge in [0.15, 0.2) is 5.11 Å². The molecule has 1 aliphatic carbocycles. The molecule has 6 heteroatoms. The van der Waals surface area contributed by atoms with Crippen molar-refractivity contribution in [3.63, 3.8) is 0 Å². The molecule has 2 fully saturated rings. The highest BCUT2D eigenvalue weighted by molar-refractivity contribution is 7.80. The Bertz CT molecular complexity index is 876. The number of nitrogens with zero attached hydrogens (tertiary/aromatic N) is 3. The van der Waals surface area contributed by atoms with Gasteiger partial charge in [-0.05, 0) is 57.0 Å². The molecule has 27 heavy (non-hydrogen) atoms. The van der Waals surface area contributed by atoms with Crippen LogP contribution in [0.25, 0.3) is 5.69 Å². The van der Waals surface area contributed by atoms with E-state index in [1.807, 2.05) is 53.8 Å². The molecule has 1 amide bonds. The van der Waals surface area contributed by atoms with Crippen LogP contribution in [-0.2, 0) is 4.79 Å². The van der Waals surface area contributed by atoms with Crippen LogP contribution in [0.2, 0.25) is 0 Å². The van der Waals surface area contributed by atoms with Crippen LogP contribution in [0.3, 0.4) is 0 Å². The fourth-order valence-corrected chi connectivity index (χ4v) is 4.92. The third-order valence-electron chi connectivity index (χ3n) is 6.01. The number of amides is 1. The number of aromatic nitrogens is 2. The molecule has 1 saturated carbocycles. The number of hydrogen-bond acceptors (Lipinski definition) is 3. The van der Waals surface area contributed by atoms with Crippen molar-refractivity contribution in [2.24, 2.45) is 5.92 Å². The second-order valence-corrected chi connectivity index (χ2v) is 8.14. The third kappa shape index (κ3) is 3.06. The summed E-state index contributed by atoms with van der Waals surface area (Å²) >= 11 is 5.58. The van der Waals surface area contributed by atoms with Crippen molar-refractivity contribution in [2.75, 3.05) is 0 Å². The van der Waals surface area contributed by atoms with Gasteiger partial charge in [-0.15, -0.1) is 0 Å². The summed E-state index contributed by atoms with van der Waals surface area (Å²) < 4.78 is 1.91. The van der Waals surface area contributed by atoms with Crippen molar-refractivity contribution in [3.8, 4) is 5.69 Å². The van der Waals surface area contributed by atoms with E-state index in [4.69, 9.17) is 17.3 Å². The van der Waals surface area contributed by atoms with Crippen LogP contribution in [-0.4, -0.2) is 31.7 Å². The van der Waals surface area contributed by atoms with Gasteiger partial charge < -0.3 is 5.32 Å². The molecule has 2 aliphatic rings. The average Bonchev–Trinajstić information content (AvgIpc) is 3.11. The molecule has 1 saturated heterocycles. The highest BCUT2D eigenvalue weighted by Gasteiger charge is 2.44. The van der Waals surface area contributed by atoms with Gasteiger partial charge in [-0.2, -0.15) is 5.10 Å². The number of carbonyl (C=O) groups excluding carboxylic acids is 1. The SMILES string of the molecule is Cc1nn(-c2ccccc2)c(C)c1[C@H]1NC(=S)N([C@H]2CCCC[C@@H]2C)C1=O. The molecule has 4 rings (SSSR count). The normalized spacial score (nSPS) is 25.7. The second kappa shape index (κ2) is 7.08. The zero-order valence-corrected chi connectivity index (χ0v) is 16.9. The maximum absolute atomic E-state index is 13.4. The lowest BCUT2D eigenvalue weighted by atomic mass is 9.85. The third-order valence-corrected chi connectivity index (χ3v) is 6.32. The molecule has 2 heterocycles. The molecule has 0 bridgehead atoms. The van der Waals surface area contributed by atoms with Crippen molar-refractivity contribution in [3.05, 3.63) is 47.3 Å². The number of thiocarbonyl (C=S) groups is 1. The first-order valence-electron chi connectivity index (χ1n) is 9.74. The Hall–Kier alpha value is -2.21. The van der Waals surface area contributed by atoms with Gasteiger partial charge in [0, 0.05) is 17.3 Å². The highest BCUT2D eigenvalue weighted by Crippen LogP contribution is 2.35. The van der Waals surface area contributed by atoms with E-state index in [0.29, 0.717) is 11.0 Å². The van der Waals surface area contributed by atoms with Crippen molar-refractivity contribution >= 4 is 23.2 Å². The standard InChI is InChI=1S/C21H26N4OS/c1-13-9-7-8-12-17(13)24-20(26)19(22-21(24)27)18-14(2)23-25(15(18)3)16-10-5-4-6-11-16/h4-6,10-11,13,17,19H,7-9,12H2,1-3H3,(H,22,27)/t13-,17-,19+/m0/s1. The minimum Gasteiger partial charge on any atom is -0.347 e. The Labute approximate surface area is 165 Å². The Morgan fingerprint density at radius 2 is 1.85 bits per heavy atom. The van der Waals surface area contributed by atoms with Crippen LogP contribution in [0.4, 0.5) is 0 Å². The second-order valence-electron chi connectivity index (χ2n) is 7.75. The smallest absolute Gasteiger partial charge is 0.256 e. The van der Waals surface area contributed by atoms with Crippen LogP contribution in [0.15, 0.2) is 30.3 Å². The molecule has 1 aromatic heterocycles. The Balaban J connectivity index is 1.68. The lowest BCUT2D eigenvalue weighted by molar-refractivity contribution is -0.129. The van der Waals surface area contributed by atoms with E-state index in [0.717, 1.165) is 41.9 Å². The van der Waals surface area contributed by atoms with Gasteiger partial charge >= 0.3 is 0 Å². The Kier molecular flexibility index (Phi) is 4.76. The van der Waals surface area contributed by atoms with E-state index in [-0.39, 0.29) is 11.9 Å². The minimum atomic E-state index is -0.441. The molecule has 3 atom stereocenters. The predicted octanol–water partition coefficient (Wildman–Crippen LogP) is 3.83. The van der Waals surface area contributed by atoms with Crippen LogP contribution < -0.4 is 5.32 Å². The fraction of sp³-hybridized carbons (Fsp3) is 0.476. The molecule has 1 N–H and O–H groups in total. The van der Waals surface area contributed by atoms with Crippen molar-refractivity contribution < 1.29 is 4.79 Å². The van der Waals surface area contributed by atoms with Crippen molar-refractivity contribution in [2.45, 2.75) is 58.5 Å². The van der Waals surface area contributed by atoms with E-state index >= 15 is 0 Å². The number of benzene rings is 1. The van der Waals surface area contributed by atoms with E-state index in [2.05, 4.69) is 12.2 Å². The molecule has 0 spiro atoms. The molecule has 0 radical (unpaired) electrons. The average molecular weight is 383 g/mol. The van der Waals surface area contributed by atoms with Gasteiger partial charge in [0.2, 0.25) is 0 Å². The first-order valence-corrected chi connectivity index (χ1v) is 10.1. The summed E-state index contributed by atoms with van der Waals surface area (Å²) in [6, 6.07) is 9.78. The predicted molar refractivity (Wildman–Crippen MR) is 110 cm³/mol. The summed E-state index contributed by atoms with van der Waals surface area (Å²) in [5.41, 5.74) is 3.78. The molecule has 5 nitrogen and oxygen atoms in total. The zero-order chi connectivity index (χ0) is 19.1. The number of rotatable bonds is 3. The van der Waals surface area contributed by atoms with Crippen LogP contribution in [0.1, 0.15) is 55.6 Å². The number of para-hydroxylation sites is 1. The number of aryl methyl sites for hydroxylation is 1. The summed E-state index contributed by atoms with van der Waals surface area (Å²) in [5.74, 6) is 0.549. The summed E-state index contributed by atoms with van der Waals surface area (Å²) in [7, 11) is 0. The van der Waals surface area contributed by atoms with Gasteiger partial charge in [0.25, 0.3) is 5.91 Å². The van der Waals surface area contributed by atoms with Crippen LogP contribution >= 0.6 is 12.2 Å². The molecular formula is C21H26N4OS. The Morgan fingerprint density at radius 1 is 1.15 bits per heavy atom.